The smallest absolute Gasteiger partial charge is 0.188 e. The van der Waals surface area contributed by atoms with Crippen molar-refractivity contribution in [3.63, 3.8) is 0 Å². The number of halogens is 1. The molecular weight excluding hydrogens is 274 g/mol. The van der Waals surface area contributed by atoms with Crippen molar-refractivity contribution in [3.8, 4) is 0 Å². The topological polar surface area (TPSA) is 50.2 Å². The van der Waals surface area contributed by atoms with Gasteiger partial charge in [0.2, 0.25) is 0 Å². The van der Waals surface area contributed by atoms with E-state index in [1.54, 1.807) is 6.07 Å². The van der Waals surface area contributed by atoms with E-state index in [1.165, 1.54) is 17.5 Å². The lowest BCUT2D eigenvalue weighted by Crippen LogP contribution is -1.88. The molecule has 0 fully saturated rings. The molecule has 2 rings (SSSR count). The standard InChI is InChI=1S/C7H4BrNO2S2/c8-5-3-12-6-1-4(13(10)11)2-9-7(5)6/h1-3H,(H,10,11). The van der Waals surface area contributed by atoms with Crippen LogP contribution in [0.1, 0.15) is 0 Å². The van der Waals surface area contributed by atoms with E-state index in [2.05, 4.69) is 20.9 Å². The SMILES string of the molecule is O=S(O)c1cnc2c(Br)csc2c1. The molecule has 2 aromatic rings. The zero-order chi connectivity index (χ0) is 9.42. The second-order valence-electron chi connectivity index (χ2n) is 2.35. The quantitative estimate of drug-likeness (QED) is 0.816. The zero-order valence-corrected chi connectivity index (χ0v) is 9.45. The Morgan fingerprint density at radius 3 is 3.08 bits per heavy atom. The van der Waals surface area contributed by atoms with E-state index in [9.17, 15) is 4.21 Å². The van der Waals surface area contributed by atoms with Crippen molar-refractivity contribution in [2.75, 3.05) is 0 Å². The third kappa shape index (κ3) is 1.67. The molecular formula is C7H4BrNO2S2. The van der Waals surface area contributed by atoms with Gasteiger partial charge in [-0.25, -0.2) is 4.21 Å². The van der Waals surface area contributed by atoms with Gasteiger partial charge in [-0.3, -0.25) is 4.98 Å². The number of hydrogen-bond acceptors (Lipinski definition) is 3. The molecule has 0 aliphatic rings. The molecule has 1 atom stereocenters. The molecule has 0 saturated heterocycles. The van der Waals surface area contributed by atoms with Crippen LogP contribution in [0, 0.1) is 0 Å². The van der Waals surface area contributed by atoms with Crippen molar-refractivity contribution >= 4 is 48.6 Å². The summed E-state index contributed by atoms with van der Waals surface area (Å²) in [4.78, 5) is 4.41. The molecule has 0 saturated carbocycles. The monoisotopic (exact) mass is 277 g/mol. The van der Waals surface area contributed by atoms with Crippen LogP contribution in [0.15, 0.2) is 27.0 Å². The van der Waals surface area contributed by atoms with Crippen LogP contribution in [0.2, 0.25) is 0 Å². The van der Waals surface area contributed by atoms with Crippen LogP contribution in [-0.4, -0.2) is 13.7 Å². The molecule has 0 aromatic carbocycles. The highest BCUT2D eigenvalue weighted by atomic mass is 79.9. The van der Waals surface area contributed by atoms with Gasteiger partial charge in [-0.2, -0.15) is 0 Å². The molecule has 1 unspecified atom stereocenters. The predicted octanol–water partition coefficient (Wildman–Crippen LogP) is 2.64. The minimum Gasteiger partial charge on any atom is -0.302 e. The van der Waals surface area contributed by atoms with Gasteiger partial charge in [-0.05, 0) is 22.0 Å². The molecule has 2 heterocycles. The first-order valence-corrected chi connectivity index (χ1v) is 6.10. The molecule has 0 amide bonds. The average Bonchev–Trinajstić information content (AvgIpc) is 2.47. The maximum Gasteiger partial charge on any atom is 0.188 e. The number of thiophene rings is 1. The first kappa shape index (κ1) is 9.26. The highest BCUT2D eigenvalue weighted by Crippen LogP contribution is 2.29. The fourth-order valence-corrected chi connectivity index (χ4v) is 2.94. The summed E-state index contributed by atoms with van der Waals surface area (Å²) >= 11 is 2.88. The Morgan fingerprint density at radius 2 is 2.38 bits per heavy atom. The van der Waals surface area contributed by atoms with Gasteiger partial charge >= 0.3 is 0 Å². The number of aromatic nitrogens is 1. The van der Waals surface area contributed by atoms with Crippen molar-refractivity contribution in [1.29, 1.82) is 0 Å². The van der Waals surface area contributed by atoms with Gasteiger partial charge < -0.3 is 4.55 Å². The number of nitrogens with zero attached hydrogens (tertiary/aromatic N) is 1. The van der Waals surface area contributed by atoms with Crippen LogP contribution in [0.4, 0.5) is 0 Å². The first-order valence-electron chi connectivity index (χ1n) is 3.32. The van der Waals surface area contributed by atoms with Gasteiger partial charge in [0.25, 0.3) is 0 Å². The third-order valence-corrected chi connectivity index (χ3v) is 4.00. The molecule has 0 radical (unpaired) electrons. The van der Waals surface area contributed by atoms with E-state index in [4.69, 9.17) is 4.55 Å². The van der Waals surface area contributed by atoms with Crippen molar-refractivity contribution in [1.82, 2.24) is 4.98 Å². The van der Waals surface area contributed by atoms with Crippen LogP contribution >= 0.6 is 27.3 Å². The Kier molecular flexibility index (Phi) is 2.46. The van der Waals surface area contributed by atoms with Crippen LogP contribution in [-0.2, 0) is 11.1 Å². The van der Waals surface area contributed by atoms with Crippen molar-refractivity contribution in [2.45, 2.75) is 4.90 Å². The molecule has 13 heavy (non-hydrogen) atoms. The highest BCUT2D eigenvalue weighted by Gasteiger charge is 2.06. The van der Waals surface area contributed by atoms with E-state index in [0.717, 1.165) is 14.7 Å². The lowest BCUT2D eigenvalue weighted by molar-refractivity contribution is 0.564. The largest absolute Gasteiger partial charge is 0.302 e. The Hall–Kier alpha value is -0.300. The van der Waals surface area contributed by atoms with Gasteiger partial charge in [0.05, 0.1) is 19.6 Å². The maximum absolute atomic E-state index is 10.7. The van der Waals surface area contributed by atoms with Gasteiger partial charge in [0.15, 0.2) is 11.1 Å². The van der Waals surface area contributed by atoms with E-state index >= 15 is 0 Å². The van der Waals surface area contributed by atoms with Gasteiger partial charge in [-0.15, -0.1) is 11.3 Å². The summed E-state index contributed by atoms with van der Waals surface area (Å²) in [6, 6.07) is 1.67. The lowest BCUT2D eigenvalue weighted by Gasteiger charge is -1.93. The van der Waals surface area contributed by atoms with E-state index < -0.39 is 11.1 Å². The number of pyridine rings is 1. The summed E-state index contributed by atoms with van der Waals surface area (Å²) in [7, 11) is 0. The summed E-state index contributed by atoms with van der Waals surface area (Å²) in [5.41, 5.74) is 0.833. The molecule has 0 aliphatic heterocycles. The second kappa shape index (κ2) is 3.45. The normalized spacial score (nSPS) is 13.4. The van der Waals surface area contributed by atoms with E-state index in [0.29, 0.717) is 4.90 Å². The molecule has 0 spiro atoms. The molecule has 1 N–H and O–H groups in total. The first-order chi connectivity index (χ1) is 6.18. The van der Waals surface area contributed by atoms with Crippen LogP contribution in [0.3, 0.4) is 0 Å². The van der Waals surface area contributed by atoms with Gasteiger partial charge in [0.1, 0.15) is 0 Å². The Bertz CT molecular complexity index is 482. The average molecular weight is 278 g/mol. The Labute approximate surface area is 89.2 Å². The van der Waals surface area contributed by atoms with Gasteiger partial charge in [-0.1, -0.05) is 0 Å². The van der Waals surface area contributed by atoms with Crippen molar-refractivity contribution in [2.24, 2.45) is 0 Å². The zero-order valence-electron chi connectivity index (χ0n) is 6.23. The predicted molar refractivity (Wildman–Crippen MR) is 56.4 cm³/mol. The fraction of sp³-hybridized carbons (Fsp3) is 0. The minimum absolute atomic E-state index is 0.335. The molecule has 0 aliphatic carbocycles. The maximum atomic E-state index is 10.7. The molecule has 2 aromatic heterocycles. The molecule has 0 bridgehead atoms. The van der Waals surface area contributed by atoms with E-state index in [-0.39, 0.29) is 0 Å². The second-order valence-corrected chi connectivity index (χ2v) is 5.09. The number of hydrogen-bond donors (Lipinski definition) is 1. The number of rotatable bonds is 1. The summed E-state index contributed by atoms with van der Waals surface area (Å²) in [5.74, 6) is 0. The highest BCUT2D eigenvalue weighted by molar-refractivity contribution is 9.10. The molecule has 68 valence electrons. The third-order valence-electron chi connectivity index (χ3n) is 1.54. The lowest BCUT2D eigenvalue weighted by atomic mass is 10.4. The Morgan fingerprint density at radius 1 is 1.62 bits per heavy atom. The summed E-state index contributed by atoms with van der Waals surface area (Å²) in [5, 5.41) is 1.90. The minimum atomic E-state index is -1.95. The van der Waals surface area contributed by atoms with Gasteiger partial charge in [0, 0.05) is 11.6 Å². The summed E-state index contributed by atoms with van der Waals surface area (Å²) < 4.78 is 21.4. The Balaban J connectivity index is 2.70. The van der Waals surface area contributed by atoms with E-state index in [1.807, 2.05) is 5.38 Å². The van der Waals surface area contributed by atoms with Crippen molar-refractivity contribution < 1.29 is 8.76 Å². The summed E-state index contributed by atoms with van der Waals surface area (Å²) in [6.45, 7) is 0. The summed E-state index contributed by atoms with van der Waals surface area (Å²) in [6.07, 6.45) is 1.41. The molecule has 3 nitrogen and oxygen atoms in total. The van der Waals surface area contributed by atoms with Crippen molar-refractivity contribution in [3.05, 3.63) is 22.1 Å². The fourth-order valence-electron chi connectivity index (χ4n) is 0.962. The van der Waals surface area contributed by atoms with Crippen LogP contribution in [0.25, 0.3) is 10.2 Å². The van der Waals surface area contributed by atoms with Crippen LogP contribution < -0.4 is 0 Å². The molecule has 6 heteroatoms. The van der Waals surface area contributed by atoms with Crippen LogP contribution in [0.5, 0.6) is 0 Å². The number of fused-ring (bicyclic) bond motifs is 1.